The highest BCUT2D eigenvalue weighted by Gasteiger charge is 2.24. The number of ether oxygens (including phenoxy) is 4. The number of allylic oxidation sites excluding steroid dienone is 4. The van der Waals surface area contributed by atoms with Crippen LogP contribution in [0.25, 0.3) is 0 Å². The van der Waals surface area contributed by atoms with Crippen molar-refractivity contribution in [3.63, 3.8) is 0 Å². The molecule has 2 aliphatic rings. The molecule has 0 amide bonds. The second-order valence-electron chi connectivity index (χ2n) is 9.78. The van der Waals surface area contributed by atoms with Crippen LogP contribution in [0.15, 0.2) is 23.3 Å². The van der Waals surface area contributed by atoms with Gasteiger partial charge in [0.05, 0.1) is 13.2 Å². The van der Waals surface area contributed by atoms with Crippen molar-refractivity contribution in [2.24, 2.45) is 0 Å². The van der Waals surface area contributed by atoms with Gasteiger partial charge in [-0.1, -0.05) is 49.0 Å². The van der Waals surface area contributed by atoms with Crippen molar-refractivity contribution in [2.75, 3.05) is 26.4 Å². The zero-order valence-corrected chi connectivity index (χ0v) is 21.5. The van der Waals surface area contributed by atoms with Gasteiger partial charge in [-0.3, -0.25) is 9.59 Å². The number of epoxide rings is 2. The Balaban J connectivity index is 1.35. The van der Waals surface area contributed by atoms with E-state index in [2.05, 4.69) is 26.0 Å². The Hall–Kier alpha value is -1.66. The largest absolute Gasteiger partial charge is 0.463 e. The molecular weight excluding hydrogens is 432 g/mol. The average Bonchev–Trinajstić information content (AvgIpc) is 3.74. The monoisotopic (exact) mass is 478 g/mol. The maximum Gasteiger partial charge on any atom is 0.305 e. The van der Waals surface area contributed by atoms with Crippen molar-refractivity contribution in [1.82, 2.24) is 0 Å². The van der Waals surface area contributed by atoms with Crippen LogP contribution >= 0.6 is 0 Å². The van der Waals surface area contributed by atoms with Crippen LogP contribution in [-0.4, -0.2) is 50.6 Å². The minimum atomic E-state index is -0.0908. The predicted molar refractivity (Wildman–Crippen MR) is 134 cm³/mol. The van der Waals surface area contributed by atoms with Crippen LogP contribution in [0.1, 0.15) is 104 Å². The van der Waals surface area contributed by atoms with E-state index in [0.717, 1.165) is 64.6 Å². The lowest BCUT2D eigenvalue weighted by molar-refractivity contribution is -0.145. The zero-order chi connectivity index (χ0) is 24.4. The van der Waals surface area contributed by atoms with Crippen molar-refractivity contribution < 1.29 is 28.5 Å². The third-order valence-corrected chi connectivity index (χ3v) is 6.23. The number of carbonyl (C=O) groups excluding carboxylic acids is 2. The summed E-state index contributed by atoms with van der Waals surface area (Å²) in [5.74, 6) is -0.182. The lowest BCUT2D eigenvalue weighted by Gasteiger charge is -2.05. The van der Waals surface area contributed by atoms with E-state index in [1.807, 2.05) is 0 Å². The number of rotatable bonds is 21. The van der Waals surface area contributed by atoms with Gasteiger partial charge < -0.3 is 18.9 Å². The van der Waals surface area contributed by atoms with Crippen molar-refractivity contribution in [3.05, 3.63) is 23.3 Å². The van der Waals surface area contributed by atoms with Gasteiger partial charge in [0.2, 0.25) is 0 Å². The van der Waals surface area contributed by atoms with Crippen molar-refractivity contribution in [3.8, 4) is 0 Å². The summed E-state index contributed by atoms with van der Waals surface area (Å²) in [6, 6.07) is 0. The van der Waals surface area contributed by atoms with Gasteiger partial charge in [-0.2, -0.15) is 0 Å². The Morgan fingerprint density at radius 1 is 0.647 bits per heavy atom. The van der Waals surface area contributed by atoms with E-state index in [0.29, 0.717) is 26.1 Å². The highest BCUT2D eigenvalue weighted by molar-refractivity contribution is 5.69. The Morgan fingerprint density at radius 2 is 1.03 bits per heavy atom. The number of unbranched alkanes of at least 4 members (excludes halogenated alkanes) is 8. The first kappa shape index (κ1) is 28.6. The quantitative estimate of drug-likeness (QED) is 0.0843. The Morgan fingerprint density at radius 3 is 1.41 bits per heavy atom. The molecule has 0 aromatic carbocycles. The Bertz CT molecular complexity index is 589. The molecule has 0 radical (unpaired) electrons. The van der Waals surface area contributed by atoms with Crippen LogP contribution in [0.5, 0.6) is 0 Å². The molecular formula is C28H46O6. The number of hydrogen-bond donors (Lipinski definition) is 0. The van der Waals surface area contributed by atoms with Crippen LogP contribution in [0.4, 0.5) is 0 Å². The zero-order valence-electron chi connectivity index (χ0n) is 21.5. The minimum absolute atomic E-state index is 0.0908. The number of esters is 2. The van der Waals surface area contributed by atoms with Gasteiger partial charge in [0.1, 0.15) is 25.4 Å². The molecule has 0 aromatic heterocycles. The van der Waals surface area contributed by atoms with Gasteiger partial charge in [-0.25, -0.2) is 0 Å². The first-order chi connectivity index (χ1) is 16.5. The summed E-state index contributed by atoms with van der Waals surface area (Å²) < 4.78 is 20.3. The molecule has 0 spiro atoms. The van der Waals surface area contributed by atoms with E-state index in [4.69, 9.17) is 18.9 Å². The molecule has 0 saturated carbocycles. The van der Waals surface area contributed by atoms with Crippen LogP contribution in [0, 0.1) is 0 Å². The molecule has 2 rings (SSSR count). The highest BCUT2D eigenvalue weighted by Crippen LogP contribution is 2.16. The topological polar surface area (TPSA) is 77.7 Å². The number of carbonyl (C=O) groups is 2. The van der Waals surface area contributed by atoms with Crippen molar-refractivity contribution >= 4 is 11.9 Å². The van der Waals surface area contributed by atoms with Crippen molar-refractivity contribution in [2.45, 2.75) is 116 Å². The van der Waals surface area contributed by atoms with Gasteiger partial charge in [-0.05, 0) is 65.2 Å². The molecule has 0 aromatic rings. The highest BCUT2D eigenvalue weighted by atomic mass is 16.6. The Labute approximate surface area is 206 Å². The maximum absolute atomic E-state index is 11.6. The first-order valence-corrected chi connectivity index (χ1v) is 13.4. The third kappa shape index (κ3) is 16.9. The second-order valence-corrected chi connectivity index (χ2v) is 9.78. The first-order valence-electron chi connectivity index (χ1n) is 13.4. The molecule has 6 heteroatoms. The molecule has 2 unspecified atom stereocenters. The normalized spacial score (nSPS) is 19.7. The number of hydrogen-bond acceptors (Lipinski definition) is 6. The average molecular weight is 479 g/mol. The van der Waals surface area contributed by atoms with Crippen LogP contribution < -0.4 is 0 Å². The second kappa shape index (κ2) is 17.7. The van der Waals surface area contributed by atoms with Crippen molar-refractivity contribution in [1.29, 1.82) is 0 Å². The molecule has 2 heterocycles. The van der Waals surface area contributed by atoms with E-state index < -0.39 is 0 Å². The molecule has 0 aliphatic carbocycles. The van der Waals surface area contributed by atoms with Gasteiger partial charge in [0, 0.05) is 12.8 Å². The predicted octanol–water partition coefficient (Wildman–Crippen LogP) is 6.22. The summed E-state index contributed by atoms with van der Waals surface area (Å²) in [6.45, 7) is 6.78. The molecule has 2 aliphatic heterocycles. The third-order valence-electron chi connectivity index (χ3n) is 6.23. The van der Waals surface area contributed by atoms with Gasteiger partial charge in [-0.15, -0.1) is 0 Å². The molecule has 2 fully saturated rings. The fraction of sp³-hybridized carbons (Fsp3) is 0.786. The summed E-state index contributed by atoms with van der Waals surface area (Å²) in [5.41, 5.74) is 2.94. The van der Waals surface area contributed by atoms with Gasteiger partial charge in [0.15, 0.2) is 0 Å². The lowest BCUT2D eigenvalue weighted by Crippen LogP contribution is -2.09. The van der Waals surface area contributed by atoms with Gasteiger partial charge in [0.25, 0.3) is 0 Å². The molecule has 0 bridgehead atoms. The minimum Gasteiger partial charge on any atom is -0.463 e. The van der Waals surface area contributed by atoms with Crippen LogP contribution in [-0.2, 0) is 28.5 Å². The van der Waals surface area contributed by atoms with Crippen LogP contribution in [0.2, 0.25) is 0 Å². The summed E-state index contributed by atoms with van der Waals surface area (Å²) >= 11 is 0. The summed E-state index contributed by atoms with van der Waals surface area (Å²) in [7, 11) is 0. The summed E-state index contributed by atoms with van der Waals surface area (Å²) in [5, 5.41) is 0. The molecule has 194 valence electrons. The molecule has 0 N–H and O–H groups in total. The Kier molecular flexibility index (Phi) is 14.9. The van der Waals surface area contributed by atoms with E-state index in [9.17, 15) is 9.59 Å². The molecule has 6 nitrogen and oxygen atoms in total. The summed E-state index contributed by atoms with van der Waals surface area (Å²) in [4.78, 5) is 23.1. The molecule has 34 heavy (non-hydrogen) atoms. The smallest absolute Gasteiger partial charge is 0.305 e. The van der Waals surface area contributed by atoms with E-state index >= 15 is 0 Å². The maximum atomic E-state index is 11.6. The lowest BCUT2D eigenvalue weighted by atomic mass is 10.0. The summed E-state index contributed by atoms with van der Waals surface area (Å²) in [6.07, 6.45) is 19.3. The molecule has 2 atom stereocenters. The van der Waals surface area contributed by atoms with E-state index in [1.165, 1.54) is 36.8 Å². The standard InChI is InChI=1S/C28H46O6/c1-23(13-9-5-3-7-11-15-27(29)33-21-25-19-31-25)17-18-24(2)14-10-6-4-8-12-16-28(30)34-22-26-20-32-26/h13-14,25-26H,3-12,15-22H2,1-2H3/b23-13+,24-14+. The molecule has 2 saturated heterocycles. The SMILES string of the molecule is C/C(=C\CCCCCCC(=O)OCC1CO1)CC/C(C)=C/CCCCCCC(=O)OCC1CO1. The fourth-order valence-corrected chi connectivity index (χ4v) is 3.67. The fourth-order valence-electron chi connectivity index (χ4n) is 3.67. The van der Waals surface area contributed by atoms with Gasteiger partial charge >= 0.3 is 11.9 Å². The van der Waals surface area contributed by atoms with E-state index in [-0.39, 0.29) is 24.1 Å². The van der Waals surface area contributed by atoms with Crippen LogP contribution in [0.3, 0.4) is 0 Å². The van der Waals surface area contributed by atoms with E-state index in [1.54, 1.807) is 0 Å².